The normalized spacial score (nSPS) is 13.1. The summed E-state index contributed by atoms with van der Waals surface area (Å²) in [6.45, 7) is 11.6. The Morgan fingerprint density at radius 3 is 2.71 bits per heavy atom. The molecule has 0 aliphatic carbocycles. The molecule has 0 rings (SSSR count). The minimum atomic E-state index is 0.650. The van der Waals surface area contributed by atoms with E-state index in [9.17, 15) is 0 Å². The SMILES string of the molecule is CCCNCC=CC(C)=NCC(C)C. The first kappa shape index (κ1) is 13.4. The fourth-order valence-corrected chi connectivity index (χ4v) is 0.971. The summed E-state index contributed by atoms with van der Waals surface area (Å²) >= 11 is 0. The maximum absolute atomic E-state index is 4.44. The van der Waals surface area contributed by atoms with E-state index in [4.69, 9.17) is 0 Å². The van der Waals surface area contributed by atoms with Crippen molar-refractivity contribution in [2.75, 3.05) is 19.6 Å². The van der Waals surface area contributed by atoms with Gasteiger partial charge in [0.05, 0.1) is 0 Å². The highest BCUT2D eigenvalue weighted by molar-refractivity contribution is 5.92. The monoisotopic (exact) mass is 196 g/mol. The van der Waals surface area contributed by atoms with Crippen molar-refractivity contribution < 1.29 is 0 Å². The van der Waals surface area contributed by atoms with Gasteiger partial charge in [-0.1, -0.05) is 26.8 Å². The Bertz CT molecular complexity index is 181. The number of allylic oxidation sites excluding steroid dienone is 1. The van der Waals surface area contributed by atoms with Crippen molar-refractivity contribution in [1.29, 1.82) is 0 Å². The molecule has 0 aromatic rings. The standard InChI is InChI=1S/C12H24N2/c1-5-8-13-9-6-7-12(4)14-10-11(2)3/h6-7,11,13H,5,8-10H2,1-4H3. The lowest BCUT2D eigenvalue weighted by atomic mass is 10.2. The van der Waals surface area contributed by atoms with Crippen LogP contribution >= 0.6 is 0 Å². The second-order valence-electron chi connectivity index (χ2n) is 3.98. The first-order chi connectivity index (χ1) is 6.66. The molecule has 2 heteroatoms. The van der Waals surface area contributed by atoms with Crippen LogP contribution in [0.3, 0.4) is 0 Å². The van der Waals surface area contributed by atoms with Gasteiger partial charge >= 0.3 is 0 Å². The molecule has 0 aliphatic rings. The van der Waals surface area contributed by atoms with Crippen LogP contribution in [0.1, 0.15) is 34.1 Å². The molecule has 2 nitrogen and oxygen atoms in total. The van der Waals surface area contributed by atoms with Crippen LogP contribution in [0, 0.1) is 5.92 Å². The third-order valence-electron chi connectivity index (χ3n) is 1.75. The molecule has 0 saturated heterocycles. The Kier molecular flexibility index (Phi) is 8.54. The van der Waals surface area contributed by atoms with Gasteiger partial charge in [0.25, 0.3) is 0 Å². The molecule has 0 aromatic heterocycles. The summed E-state index contributed by atoms with van der Waals surface area (Å²) in [5.74, 6) is 0.650. The van der Waals surface area contributed by atoms with E-state index >= 15 is 0 Å². The smallest absolute Gasteiger partial charge is 0.0415 e. The van der Waals surface area contributed by atoms with Gasteiger partial charge in [-0.15, -0.1) is 0 Å². The maximum atomic E-state index is 4.44. The average Bonchev–Trinajstić information content (AvgIpc) is 2.14. The minimum Gasteiger partial charge on any atom is -0.313 e. The van der Waals surface area contributed by atoms with Crippen molar-refractivity contribution in [2.24, 2.45) is 10.9 Å². The van der Waals surface area contributed by atoms with E-state index in [1.54, 1.807) is 0 Å². The second-order valence-corrected chi connectivity index (χ2v) is 3.98. The van der Waals surface area contributed by atoms with Crippen LogP contribution in [-0.2, 0) is 0 Å². The average molecular weight is 196 g/mol. The highest BCUT2D eigenvalue weighted by Gasteiger charge is 1.89. The lowest BCUT2D eigenvalue weighted by Gasteiger charge is -1.99. The summed E-state index contributed by atoms with van der Waals surface area (Å²) in [7, 11) is 0. The molecule has 0 radical (unpaired) electrons. The maximum Gasteiger partial charge on any atom is 0.0415 e. The predicted octanol–water partition coefficient (Wildman–Crippen LogP) is 2.66. The number of aliphatic imine (C=N–C) groups is 1. The molecule has 82 valence electrons. The van der Waals surface area contributed by atoms with Crippen molar-refractivity contribution in [3.63, 3.8) is 0 Å². The van der Waals surface area contributed by atoms with Gasteiger partial charge in [0.2, 0.25) is 0 Å². The van der Waals surface area contributed by atoms with Crippen LogP contribution in [0.15, 0.2) is 17.1 Å². The van der Waals surface area contributed by atoms with E-state index in [-0.39, 0.29) is 0 Å². The zero-order chi connectivity index (χ0) is 10.8. The Balaban J connectivity index is 3.59. The molecule has 0 spiro atoms. The van der Waals surface area contributed by atoms with Gasteiger partial charge in [-0.25, -0.2) is 0 Å². The summed E-state index contributed by atoms with van der Waals surface area (Å²) in [6, 6.07) is 0. The van der Waals surface area contributed by atoms with Crippen molar-refractivity contribution in [1.82, 2.24) is 5.32 Å². The Morgan fingerprint density at radius 2 is 2.14 bits per heavy atom. The molecule has 0 bridgehead atoms. The molecule has 0 fully saturated rings. The van der Waals surface area contributed by atoms with Gasteiger partial charge in [0.15, 0.2) is 0 Å². The van der Waals surface area contributed by atoms with E-state index in [0.29, 0.717) is 5.92 Å². The Hall–Kier alpha value is -0.630. The Morgan fingerprint density at radius 1 is 1.43 bits per heavy atom. The first-order valence-corrected chi connectivity index (χ1v) is 5.55. The third-order valence-corrected chi connectivity index (χ3v) is 1.75. The van der Waals surface area contributed by atoms with E-state index in [2.05, 4.69) is 50.2 Å². The molecule has 0 saturated carbocycles. The first-order valence-electron chi connectivity index (χ1n) is 5.55. The van der Waals surface area contributed by atoms with Gasteiger partial charge in [-0.05, 0) is 31.9 Å². The van der Waals surface area contributed by atoms with Gasteiger partial charge in [-0.2, -0.15) is 0 Å². The summed E-state index contributed by atoms with van der Waals surface area (Å²) < 4.78 is 0. The van der Waals surface area contributed by atoms with E-state index in [0.717, 1.165) is 25.3 Å². The summed E-state index contributed by atoms with van der Waals surface area (Å²) in [5, 5.41) is 3.31. The molecule has 0 aliphatic heterocycles. The lowest BCUT2D eigenvalue weighted by molar-refractivity contribution is 0.666. The van der Waals surface area contributed by atoms with Crippen molar-refractivity contribution in [3.05, 3.63) is 12.2 Å². The van der Waals surface area contributed by atoms with Crippen LogP contribution in [-0.4, -0.2) is 25.3 Å². The minimum absolute atomic E-state index is 0.650. The quantitative estimate of drug-likeness (QED) is 0.491. The molecule has 0 atom stereocenters. The van der Waals surface area contributed by atoms with Crippen molar-refractivity contribution >= 4 is 5.71 Å². The zero-order valence-corrected chi connectivity index (χ0v) is 10.0. The van der Waals surface area contributed by atoms with Gasteiger partial charge in [0.1, 0.15) is 0 Å². The summed E-state index contributed by atoms with van der Waals surface area (Å²) in [4.78, 5) is 4.44. The van der Waals surface area contributed by atoms with E-state index < -0.39 is 0 Å². The van der Waals surface area contributed by atoms with Crippen LogP contribution in [0.25, 0.3) is 0 Å². The molecule has 0 amide bonds. The van der Waals surface area contributed by atoms with E-state index in [1.807, 2.05) is 0 Å². The van der Waals surface area contributed by atoms with Crippen molar-refractivity contribution in [2.45, 2.75) is 34.1 Å². The van der Waals surface area contributed by atoms with Gasteiger partial charge in [-0.3, -0.25) is 4.99 Å². The van der Waals surface area contributed by atoms with Crippen LogP contribution < -0.4 is 5.32 Å². The molecular weight excluding hydrogens is 172 g/mol. The highest BCUT2D eigenvalue weighted by Crippen LogP contribution is 1.92. The number of nitrogens with zero attached hydrogens (tertiary/aromatic N) is 1. The third kappa shape index (κ3) is 9.46. The molecular formula is C12H24N2. The molecule has 0 heterocycles. The largest absolute Gasteiger partial charge is 0.313 e. The Labute approximate surface area is 88.5 Å². The topological polar surface area (TPSA) is 24.4 Å². The molecule has 14 heavy (non-hydrogen) atoms. The number of rotatable bonds is 7. The fourth-order valence-electron chi connectivity index (χ4n) is 0.971. The number of hydrogen-bond acceptors (Lipinski definition) is 2. The fraction of sp³-hybridized carbons (Fsp3) is 0.750. The van der Waals surface area contributed by atoms with Crippen molar-refractivity contribution in [3.8, 4) is 0 Å². The van der Waals surface area contributed by atoms with E-state index in [1.165, 1.54) is 6.42 Å². The van der Waals surface area contributed by atoms with Gasteiger partial charge in [0, 0.05) is 18.8 Å². The predicted molar refractivity (Wildman–Crippen MR) is 65.1 cm³/mol. The lowest BCUT2D eigenvalue weighted by Crippen LogP contribution is -2.14. The number of nitrogens with one attached hydrogen (secondary N) is 1. The van der Waals surface area contributed by atoms with Crippen LogP contribution in [0.4, 0.5) is 0 Å². The van der Waals surface area contributed by atoms with Crippen LogP contribution in [0.2, 0.25) is 0 Å². The number of hydrogen-bond donors (Lipinski definition) is 1. The second kappa shape index (κ2) is 8.95. The molecule has 0 unspecified atom stereocenters. The summed E-state index contributed by atoms with van der Waals surface area (Å²) in [5.41, 5.74) is 1.12. The summed E-state index contributed by atoms with van der Waals surface area (Å²) in [6.07, 6.45) is 5.41. The molecule has 1 N–H and O–H groups in total. The van der Waals surface area contributed by atoms with Gasteiger partial charge < -0.3 is 5.32 Å². The van der Waals surface area contributed by atoms with Crippen LogP contribution in [0.5, 0.6) is 0 Å². The zero-order valence-electron chi connectivity index (χ0n) is 10.0. The highest BCUT2D eigenvalue weighted by atomic mass is 14.8. The molecule has 0 aromatic carbocycles.